The second-order valence-corrected chi connectivity index (χ2v) is 5.17. The van der Waals surface area contributed by atoms with Crippen molar-refractivity contribution in [3.05, 3.63) is 39.5 Å². The molecule has 1 aromatic carbocycles. The van der Waals surface area contributed by atoms with Crippen LogP contribution in [0.3, 0.4) is 0 Å². The molecule has 0 amide bonds. The van der Waals surface area contributed by atoms with Crippen LogP contribution in [-0.4, -0.2) is 24.8 Å². The minimum Gasteiger partial charge on any atom is -0.383 e. The zero-order valence-electron chi connectivity index (χ0n) is 9.76. The standard InChI is InChI=1S/C13H13Cl2NO/c1-16(2)7-10-9-6-12(15)11(14)5-8(9)3-4-13(10)17/h5-7H,3-4H2,1-2H3/b10-7+. The zero-order valence-corrected chi connectivity index (χ0v) is 11.3. The molecular weight excluding hydrogens is 257 g/mol. The number of rotatable bonds is 1. The predicted molar refractivity (Wildman–Crippen MR) is 71.5 cm³/mol. The van der Waals surface area contributed by atoms with Crippen molar-refractivity contribution in [2.24, 2.45) is 0 Å². The first-order valence-electron chi connectivity index (χ1n) is 5.39. The topological polar surface area (TPSA) is 20.3 Å². The van der Waals surface area contributed by atoms with Crippen molar-refractivity contribution in [2.75, 3.05) is 14.1 Å². The largest absolute Gasteiger partial charge is 0.383 e. The van der Waals surface area contributed by atoms with Gasteiger partial charge in [0.2, 0.25) is 0 Å². The molecule has 4 heteroatoms. The number of ketones is 1. The van der Waals surface area contributed by atoms with E-state index in [-0.39, 0.29) is 5.78 Å². The fraction of sp³-hybridized carbons (Fsp3) is 0.308. The van der Waals surface area contributed by atoms with E-state index in [1.54, 1.807) is 6.07 Å². The molecule has 0 spiro atoms. The quantitative estimate of drug-likeness (QED) is 0.729. The molecule has 0 bridgehead atoms. The van der Waals surface area contributed by atoms with Gasteiger partial charge in [0, 0.05) is 32.3 Å². The molecule has 1 aromatic rings. The number of carbonyl (C=O) groups excluding carboxylic acids is 1. The first-order valence-corrected chi connectivity index (χ1v) is 6.14. The molecule has 2 nitrogen and oxygen atoms in total. The molecule has 1 aliphatic carbocycles. The van der Waals surface area contributed by atoms with Gasteiger partial charge in [0.25, 0.3) is 0 Å². The number of nitrogens with zero attached hydrogens (tertiary/aromatic N) is 1. The van der Waals surface area contributed by atoms with Crippen LogP contribution in [0, 0.1) is 0 Å². The van der Waals surface area contributed by atoms with Gasteiger partial charge in [-0.05, 0) is 29.7 Å². The molecule has 2 rings (SSSR count). The molecule has 0 saturated carbocycles. The van der Waals surface area contributed by atoms with E-state index in [1.807, 2.05) is 31.3 Å². The molecule has 0 aromatic heterocycles. The molecule has 0 heterocycles. The van der Waals surface area contributed by atoms with E-state index in [0.717, 1.165) is 23.1 Å². The van der Waals surface area contributed by atoms with Crippen molar-refractivity contribution in [3.8, 4) is 0 Å². The van der Waals surface area contributed by atoms with E-state index in [9.17, 15) is 4.79 Å². The van der Waals surface area contributed by atoms with Crippen LogP contribution in [0.1, 0.15) is 17.5 Å². The molecule has 90 valence electrons. The molecule has 1 aliphatic rings. The first kappa shape index (κ1) is 12.5. The Labute approximate surface area is 111 Å². The second-order valence-electron chi connectivity index (χ2n) is 4.35. The maximum Gasteiger partial charge on any atom is 0.165 e. The summed E-state index contributed by atoms with van der Waals surface area (Å²) in [6, 6.07) is 3.64. The fourth-order valence-corrected chi connectivity index (χ4v) is 2.33. The molecule has 17 heavy (non-hydrogen) atoms. The molecule has 0 N–H and O–H groups in total. The molecule has 0 fully saturated rings. The molecule has 0 atom stereocenters. The van der Waals surface area contributed by atoms with Gasteiger partial charge in [0.1, 0.15) is 0 Å². The third kappa shape index (κ3) is 2.48. The first-order chi connectivity index (χ1) is 7.99. The number of Topliss-reactive ketones (excluding diaryl/α,β-unsaturated/α-hetero) is 1. The van der Waals surface area contributed by atoms with Crippen LogP contribution >= 0.6 is 23.2 Å². The summed E-state index contributed by atoms with van der Waals surface area (Å²) in [7, 11) is 3.79. The van der Waals surface area contributed by atoms with E-state index in [1.165, 1.54) is 0 Å². The van der Waals surface area contributed by atoms with E-state index in [2.05, 4.69) is 0 Å². The van der Waals surface area contributed by atoms with E-state index in [0.29, 0.717) is 16.5 Å². The van der Waals surface area contributed by atoms with Crippen LogP contribution in [0.4, 0.5) is 0 Å². The van der Waals surface area contributed by atoms with Crippen LogP contribution in [0.5, 0.6) is 0 Å². The summed E-state index contributed by atoms with van der Waals surface area (Å²) in [6.07, 6.45) is 3.10. The van der Waals surface area contributed by atoms with Gasteiger partial charge in [-0.2, -0.15) is 0 Å². The Bertz CT molecular complexity index is 506. The normalized spacial score (nSPS) is 17.2. The van der Waals surface area contributed by atoms with Gasteiger partial charge in [-0.1, -0.05) is 23.2 Å². The van der Waals surface area contributed by atoms with Gasteiger partial charge in [0.05, 0.1) is 10.0 Å². The lowest BCUT2D eigenvalue weighted by molar-refractivity contribution is -0.113. The van der Waals surface area contributed by atoms with Gasteiger partial charge in [-0.25, -0.2) is 0 Å². The Hall–Kier alpha value is -0.990. The number of hydrogen-bond acceptors (Lipinski definition) is 2. The lowest BCUT2D eigenvalue weighted by Gasteiger charge is -2.20. The maximum atomic E-state index is 11.9. The summed E-state index contributed by atoms with van der Waals surface area (Å²) in [5, 5.41) is 1.04. The molecule has 0 saturated heterocycles. The average molecular weight is 270 g/mol. The van der Waals surface area contributed by atoms with Crippen LogP contribution in [0.25, 0.3) is 5.57 Å². The summed E-state index contributed by atoms with van der Waals surface area (Å²) < 4.78 is 0. The summed E-state index contributed by atoms with van der Waals surface area (Å²) in [5.74, 6) is 0.157. The fourth-order valence-electron chi connectivity index (χ4n) is 1.98. The average Bonchev–Trinajstić information content (AvgIpc) is 2.25. The number of aryl methyl sites for hydroxylation is 1. The molecule has 0 radical (unpaired) electrons. The van der Waals surface area contributed by atoms with Crippen LogP contribution in [0.15, 0.2) is 18.3 Å². The summed E-state index contributed by atoms with van der Waals surface area (Å²) in [5.41, 5.74) is 2.71. The highest BCUT2D eigenvalue weighted by molar-refractivity contribution is 6.42. The number of fused-ring (bicyclic) bond motifs is 1. The highest BCUT2D eigenvalue weighted by Crippen LogP contribution is 2.34. The Morgan fingerprint density at radius 3 is 2.47 bits per heavy atom. The number of carbonyl (C=O) groups is 1. The van der Waals surface area contributed by atoms with Crippen molar-refractivity contribution >= 4 is 34.6 Å². The lowest BCUT2D eigenvalue weighted by atomic mass is 9.87. The molecular formula is C13H13Cl2NO. The number of halogens is 2. The monoisotopic (exact) mass is 269 g/mol. The van der Waals surface area contributed by atoms with Crippen molar-refractivity contribution < 1.29 is 4.79 Å². The number of benzene rings is 1. The summed E-state index contributed by atoms with van der Waals surface area (Å²) in [6.45, 7) is 0. The lowest BCUT2D eigenvalue weighted by Crippen LogP contribution is -2.15. The van der Waals surface area contributed by atoms with Gasteiger partial charge in [-0.3, -0.25) is 4.79 Å². The Morgan fingerprint density at radius 1 is 1.18 bits per heavy atom. The van der Waals surface area contributed by atoms with Gasteiger partial charge in [-0.15, -0.1) is 0 Å². The highest BCUT2D eigenvalue weighted by Gasteiger charge is 2.22. The molecule has 0 unspecified atom stereocenters. The molecule has 0 aliphatic heterocycles. The van der Waals surface area contributed by atoms with Gasteiger partial charge < -0.3 is 4.90 Å². The van der Waals surface area contributed by atoms with Crippen molar-refractivity contribution in [2.45, 2.75) is 12.8 Å². The minimum absolute atomic E-state index is 0.157. The van der Waals surface area contributed by atoms with Crippen molar-refractivity contribution in [1.29, 1.82) is 0 Å². The van der Waals surface area contributed by atoms with Gasteiger partial charge >= 0.3 is 0 Å². The van der Waals surface area contributed by atoms with Crippen molar-refractivity contribution in [3.63, 3.8) is 0 Å². The Balaban J connectivity index is 2.59. The van der Waals surface area contributed by atoms with Crippen LogP contribution in [-0.2, 0) is 11.2 Å². The van der Waals surface area contributed by atoms with Crippen molar-refractivity contribution in [1.82, 2.24) is 4.90 Å². The van der Waals surface area contributed by atoms with E-state index >= 15 is 0 Å². The summed E-state index contributed by atoms with van der Waals surface area (Å²) in [4.78, 5) is 13.8. The maximum absolute atomic E-state index is 11.9. The third-order valence-electron chi connectivity index (χ3n) is 2.75. The summed E-state index contributed by atoms with van der Waals surface area (Å²) >= 11 is 12.0. The zero-order chi connectivity index (χ0) is 12.6. The Kier molecular flexibility index (Phi) is 3.45. The van der Waals surface area contributed by atoms with E-state index in [4.69, 9.17) is 23.2 Å². The second kappa shape index (κ2) is 4.71. The van der Waals surface area contributed by atoms with E-state index < -0.39 is 0 Å². The minimum atomic E-state index is 0.157. The van der Waals surface area contributed by atoms with Crippen LogP contribution < -0.4 is 0 Å². The number of allylic oxidation sites excluding steroid dienone is 1. The van der Waals surface area contributed by atoms with Gasteiger partial charge in [0.15, 0.2) is 5.78 Å². The number of hydrogen-bond donors (Lipinski definition) is 0. The Morgan fingerprint density at radius 2 is 1.82 bits per heavy atom. The van der Waals surface area contributed by atoms with Crippen LogP contribution in [0.2, 0.25) is 10.0 Å². The highest BCUT2D eigenvalue weighted by atomic mass is 35.5. The third-order valence-corrected chi connectivity index (χ3v) is 3.47. The smallest absolute Gasteiger partial charge is 0.165 e. The SMILES string of the molecule is CN(C)/C=C1/C(=O)CCc2cc(Cl)c(Cl)cc21. The predicted octanol–water partition coefficient (Wildman–Crippen LogP) is 3.41.